The average molecular weight is 470 g/mol. The van der Waals surface area contributed by atoms with E-state index in [0.717, 1.165) is 43.9 Å². The lowest BCUT2D eigenvalue weighted by Gasteiger charge is -2.13. The van der Waals surface area contributed by atoms with E-state index in [0.29, 0.717) is 10.6 Å². The molecule has 3 aromatic carbocycles. The summed E-state index contributed by atoms with van der Waals surface area (Å²) >= 11 is 0.863. The van der Waals surface area contributed by atoms with E-state index in [1.807, 2.05) is 66.9 Å². The van der Waals surface area contributed by atoms with E-state index in [-0.39, 0.29) is 12.6 Å². The summed E-state index contributed by atoms with van der Waals surface area (Å²) in [5.41, 5.74) is 2.58. The van der Waals surface area contributed by atoms with Crippen LogP contribution in [0.5, 0.6) is 0 Å². The summed E-state index contributed by atoms with van der Waals surface area (Å²) in [4.78, 5) is 39.7. The molecule has 0 bridgehead atoms. The van der Waals surface area contributed by atoms with Gasteiger partial charge >= 0.3 is 0 Å². The molecule has 0 unspecified atom stereocenters. The summed E-state index contributed by atoms with van der Waals surface area (Å²) in [6.07, 6.45) is 3.74. The van der Waals surface area contributed by atoms with Crippen molar-refractivity contribution < 1.29 is 14.4 Å². The van der Waals surface area contributed by atoms with Crippen molar-refractivity contribution in [1.29, 1.82) is 0 Å². The van der Waals surface area contributed by atoms with Crippen LogP contribution in [0.15, 0.2) is 77.8 Å². The largest absolute Gasteiger partial charge is 0.344 e. The SMILES string of the molecule is CC(C)n1cc(/C=C2/SC(=O)N(CC(=O)Nc3cccc4ccccc34)C2=O)c2ccccc21. The molecule has 1 fully saturated rings. The molecule has 1 aromatic heterocycles. The molecule has 2 heterocycles. The first-order valence-electron chi connectivity index (χ1n) is 11.0. The summed E-state index contributed by atoms with van der Waals surface area (Å²) < 4.78 is 2.14. The standard InChI is InChI=1S/C27H23N3O3S/c1-17(2)29-15-19(21-11-5-6-13-23(21)29)14-24-26(32)30(27(33)34-24)16-25(31)28-22-12-7-9-18-8-3-4-10-20(18)22/h3-15,17H,16H2,1-2H3,(H,28,31)/b24-14+. The second kappa shape index (κ2) is 8.83. The summed E-state index contributed by atoms with van der Waals surface area (Å²) in [5, 5.41) is 5.30. The Morgan fingerprint density at radius 3 is 2.47 bits per heavy atom. The van der Waals surface area contributed by atoms with Gasteiger partial charge < -0.3 is 9.88 Å². The van der Waals surface area contributed by atoms with Crippen LogP contribution < -0.4 is 5.32 Å². The predicted octanol–water partition coefficient (Wildman–Crippen LogP) is 6.05. The van der Waals surface area contributed by atoms with Crippen molar-refractivity contribution in [2.75, 3.05) is 11.9 Å². The Morgan fingerprint density at radius 1 is 0.971 bits per heavy atom. The number of hydrogen-bond donors (Lipinski definition) is 1. The van der Waals surface area contributed by atoms with Gasteiger partial charge in [0, 0.05) is 39.8 Å². The fourth-order valence-electron chi connectivity index (χ4n) is 4.22. The van der Waals surface area contributed by atoms with Crippen LogP contribution in [0.3, 0.4) is 0 Å². The third-order valence-electron chi connectivity index (χ3n) is 5.85. The van der Waals surface area contributed by atoms with Gasteiger partial charge in [0.15, 0.2) is 0 Å². The molecule has 170 valence electrons. The fourth-order valence-corrected chi connectivity index (χ4v) is 5.05. The van der Waals surface area contributed by atoms with Crippen LogP contribution in [0.25, 0.3) is 27.8 Å². The Hall–Kier alpha value is -3.84. The number of anilines is 1. The van der Waals surface area contributed by atoms with Crippen LogP contribution in [-0.2, 0) is 9.59 Å². The second-order valence-electron chi connectivity index (χ2n) is 8.45. The third-order valence-corrected chi connectivity index (χ3v) is 6.76. The number of nitrogens with one attached hydrogen (secondary N) is 1. The van der Waals surface area contributed by atoms with Crippen molar-refractivity contribution in [3.05, 3.63) is 83.4 Å². The Balaban J connectivity index is 1.37. The molecule has 0 saturated carbocycles. The van der Waals surface area contributed by atoms with E-state index < -0.39 is 17.1 Å². The number of aromatic nitrogens is 1. The Morgan fingerprint density at radius 2 is 1.68 bits per heavy atom. The maximum Gasteiger partial charge on any atom is 0.294 e. The van der Waals surface area contributed by atoms with Crippen molar-refractivity contribution in [2.45, 2.75) is 19.9 Å². The summed E-state index contributed by atoms with van der Waals surface area (Å²) in [7, 11) is 0. The summed E-state index contributed by atoms with van der Waals surface area (Å²) in [5.74, 6) is -0.874. The highest BCUT2D eigenvalue weighted by molar-refractivity contribution is 8.18. The van der Waals surface area contributed by atoms with Crippen molar-refractivity contribution >= 4 is 62.3 Å². The lowest BCUT2D eigenvalue weighted by Crippen LogP contribution is -2.36. The van der Waals surface area contributed by atoms with E-state index in [4.69, 9.17) is 0 Å². The smallest absolute Gasteiger partial charge is 0.294 e. The van der Waals surface area contributed by atoms with E-state index in [1.165, 1.54) is 0 Å². The van der Waals surface area contributed by atoms with Crippen molar-refractivity contribution in [3.63, 3.8) is 0 Å². The molecule has 1 aliphatic heterocycles. The molecule has 5 rings (SSSR count). The highest BCUT2D eigenvalue weighted by atomic mass is 32.2. The number of hydrogen-bond acceptors (Lipinski definition) is 4. The molecule has 34 heavy (non-hydrogen) atoms. The lowest BCUT2D eigenvalue weighted by molar-refractivity contribution is -0.127. The number of carbonyl (C=O) groups excluding carboxylic acids is 3. The number of fused-ring (bicyclic) bond motifs is 2. The maximum absolute atomic E-state index is 13.0. The van der Waals surface area contributed by atoms with Gasteiger partial charge in [-0.2, -0.15) is 0 Å². The van der Waals surface area contributed by atoms with E-state index in [1.54, 1.807) is 12.1 Å². The Kier molecular flexibility index (Phi) is 5.71. The van der Waals surface area contributed by atoms with Gasteiger partial charge in [-0.3, -0.25) is 19.3 Å². The number of benzene rings is 3. The molecule has 1 aliphatic rings. The first-order valence-corrected chi connectivity index (χ1v) is 11.9. The van der Waals surface area contributed by atoms with Crippen LogP contribution in [0.4, 0.5) is 10.5 Å². The topological polar surface area (TPSA) is 71.4 Å². The third kappa shape index (κ3) is 3.99. The van der Waals surface area contributed by atoms with E-state index in [2.05, 4.69) is 23.7 Å². The van der Waals surface area contributed by atoms with Crippen molar-refractivity contribution in [1.82, 2.24) is 9.47 Å². The monoisotopic (exact) mass is 469 g/mol. The molecular weight excluding hydrogens is 446 g/mol. The van der Waals surface area contributed by atoms with Crippen LogP contribution in [0.2, 0.25) is 0 Å². The van der Waals surface area contributed by atoms with Crippen LogP contribution in [0, 0.1) is 0 Å². The Labute approximate surface area is 201 Å². The molecule has 6 nitrogen and oxygen atoms in total. The quantitative estimate of drug-likeness (QED) is 0.361. The fraction of sp³-hybridized carbons (Fsp3) is 0.148. The number of imide groups is 1. The number of thioether (sulfide) groups is 1. The zero-order chi connectivity index (χ0) is 23.8. The molecule has 7 heteroatoms. The molecule has 0 spiro atoms. The number of nitrogens with zero attached hydrogens (tertiary/aromatic N) is 2. The number of para-hydroxylation sites is 1. The summed E-state index contributed by atoms with van der Waals surface area (Å²) in [6.45, 7) is 3.86. The van der Waals surface area contributed by atoms with Gasteiger partial charge in [0.05, 0.1) is 4.91 Å². The van der Waals surface area contributed by atoms with Crippen LogP contribution in [-0.4, -0.2) is 33.1 Å². The first-order chi connectivity index (χ1) is 16.4. The van der Waals surface area contributed by atoms with Gasteiger partial charge in [-0.25, -0.2) is 0 Å². The molecule has 0 radical (unpaired) electrons. The normalized spacial score (nSPS) is 15.3. The minimum Gasteiger partial charge on any atom is -0.344 e. The second-order valence-corrected chi connectivity index (χ2v) is 9.44. The Bertz CT molecular complexity index is 1480. The number of amides is 3. The zero-order valence-electron chi connectivity index (χ0n) is 18.8. The van der Waals surface area contributed by atoms with Gasteiger partial charge in [0.1, 0.15) is 6.54 Å². The highest BCUT2D eigenvalue weighted by Crippen LogP contribution is 2.35. The van der Waals surface area contributed by atoms with E-state index >= 15 is 0 Å². The van der Waals surface area contributed by atoms with Gasteiger partial charge in [0.25, 0.3) is 11.1 Å². The molecule has 0 aliphatic carbocycles. The highest BCUT2D eigenvalue weighted by Gasteiger charge is 2.36. The van der Waals surface area contributed by atoms with Gasteiger partial charge in [-0.05, 0) is 49.2 Å². The molecule has 1 saturated heterocycles. The maximum atomic E-state index is 13.0. The predicted molar refractivity (Wildman–Crippen MR) is 138 cm³/mol. The van der Waals surface area contributed by atoms with Gasteiger partial charge in [0.2, 0.25) is 5.91 Å². The van der Waals surface area contributed by atoms with E-state index in [9.17, 15) is 14.4 Å². The van der Waals surface area contributed by atoms with Crippen molar-refractivity contribution in [2.24, 2.45) is 0 Å². The first kappa shape index (κ1) is 22.0. The molecule has 1 N–H and O–H groups in total. The number of rotatable bonds is 5. The van der Waals surface area contributed by atoms with Gasteiger partial charge in [-0.15, -0.1) is 0 Å². The van der Waals surface area contributed by atoms with Crippen LogP contribution in [0.1, 0.15) is 25.5 Å². The van der Waals surface area contributed by atoms with Gasteiger partial charge in [-0.1, -0.05) is 54.6 Å². The summed E-state index contributed by atoms with van der Waals surface area (Å²) in [6, 6.07) is 21.5. The van der Waals surface area contributed by atoms with Crippen molar-refractivity contribution in [3.8, 4) is 0 Å². The minimum atomic E-state index is -0.454. The average Bonchev–Trinajstić information content (AvgIpc) is 3.32. The lowest BCUT2D eigenvalue weighted by atomic mass is 10.1. The molecule has 3 amide bonds. The van der Waals surface area contributed by atoms with Crippen LogP contribution >= 0.6 is 11.8 Å². The molecular formula is C27H23N3O3S. The minimum absolute atomic E-state index is 0.250. The zero-order valence-corrected chi connectivity index (χ0v) is 19.6. The number of carbonyl (C=O) groups is 3. The molecule has 0 atom stereocenters. The molecule has 4 aromatic rings.